The highest BCUT2D eigenvalue weighted by Crippen LogP contribution is 2.36. The van der Waals surface area contributed by atoms with Gasteiger partial charge in [-0.25, -0.2) is 9.37 Å². The number of hydrogen-bond donors (Lipinski definition) is 0. The quantitative estimate of drug-likeness (QED) is 0.762. The molecule has 1 aromatic heterocycles. The van der Waals surface area contributed by atoms with Gasteiger partial charge >= 0.3 is 0 Å². The van der Waals surface area contributed by atoms with Crippen molar-refractivity contribution in [2.75, 3.05) is 5.88 Å². The first-order valence-electron chi connectivity index (χ1n) is 6.02. The lowest BCUT2D eigenvalue weighted by Crippen LogP contribution is -2.19. The first kappa shape index (κ1) is 11.0. The third kappa shape index (κ3) is 1.73. The molecule has 4 heteroatoms. The molecule has 1 aliphatic rings. The van der Waals surface area contributed by atoms with Crippen molar-refractivity contribution in [3.8, 4) is 0 Å². The highest BCUT2D eigenvalue weighted by atomic mass is 35.5. The van der Waals surface area contributed by atoms with Gasteiger partial charge in [-0.2, -0.15) is 0 Å². The fourth-order valence-corrected chi connectivity index (χ4v) is 2.61. The van der Waals surface area contributed by atoms with E-state index in [-0.39, 0.29) is 5.82 Å². The summed E-state index contributed by atoms with van der Waals surface area (Å²) >= 11 is 5.79. The summed E-state index contributed by atoms with van der Waals surface area (Å²) < 4.78 is 15.9. The molecule has 0 spiro atoms. The Kier molecular flexibility index (Phi) is 2.79. The lowest BCUT2D eigenvalue weighted by Gasteiger charge is -2.29. The molecule has 0 radical (unpaired) electrons. The van der Waals surface area contributed by atoms with Crippen molar-refractivity contribution < 1.29 is 4.39 Å². The van der Waals surface area contributed by atoms with E-state index in [0.717, 1.165) is 24.2 Å². The van der Waals surface area contributed by atoms with E-state index in [1.165, 1.54) is 12.5 Å². The number of para-hydroxylation sites is 1. The molecule has 0 N–H and O–H groups in total. The molecule has 0 atom stereocenters. The molecule has 2 nitrogen and oxygen atoms in total. The van der Waals surface area contributed by atoms with Gasteiger partial charge in [-0.15, -0.1) is 11.6 Å². The van der Waals surface area contributed by atoms with Crippen LogP contribution in [0, 0.1) is 5.82 Å². The molecule has 0 aliphatic heterocycles. The van der Waals surface area contributed by atoms with Gasteiger partial charge in [-0.3, -0.25) is 0 Å². The van der Waals surface area contributed by atoms with Gasteiger partial charge < -0.3 is 4.57 Å². The standard InChI is InChI=1S/C13H14ClFN2/c14-8-7-12-16-13-10(15)5-2-6-11(13)17(12)9-3-1-4-9/h2,5-6,9H,1,3-4,7-8H2. The van der Waals surface area contributed by atoms with E-state index in [2.05, 4.69) is 9.55 Å². The third-order valence-corrected chi connectivity index (χ3v) is 3.69. The molecule has 3 rings (SSSR count). The third-order valence-electron chi connectivity index (χ3n) is 3.50. The molecule has 0 unspecified atom stereocenters. The number of aryl methyl sites for hydroxylation is 1. The molecule has 0 saturated heterocycles. The van der Waals surface area contributed by atoms with Crippen LogP contribution in [0.2, 0.25) is 0 Å². The van der Waals surface area contributed by atoms with Crippen molar-refractivity contribution >= 4 is 22.6 Å². The summed E-state index contributed by atoms with van der Waals surface area (Å²) in [5, 5.41) is 0. The summed E-state index contributed by atoms with van der Waals surface area (Å²) in [6.07, 6.45) is 4.28. The maximum atomic E-state index is 13.7. The Labute approximate surface area is 104 Å². The highest BCUT2D eigenvalue weighted by molar-refractivity contribution is 6.17. The number of imidazole rings is 1. The average Bonchev–Trinajstić information content (AvgIpc) is 2.58. The molecule has 1 saturated carbocycles. The van der Waals surface area contributed by atoms with Crippen LogP contribution in [-0.2, 0) is 6.42 Å². The van der Waals surface area contributed by atoms with Crippen molar-refractivity contribution in [3.05, 3.63) is 29.8 Å². The second kappa shape index (κ2) is 4.30. The number of benzene rings is 1. The van der Waals surface area contributed by atoms with E-state index in [4.69, 9.17) is 11.6 Å². The van der Waals surface area contributed by atoms with Gasteiger partial charge in [0.05, 0.1) is 5.52 Å². The van der Waals surface area contributed by atoms with Gasteiger partial charge in [-0.1, -0.05) is 6.07 Å². The summed E-state index contributed by atoms with van der Waals surface area (Å²) in [5.74, 6) is 1.21. The second-order valence-corrected chi connectivity index (χ2v) is 4.91. The van der Waals surface area contributed by atoms with Gasteiger partial charge in [0.2, 0.25) is 0 Å². The van der Waals surface area contributed by atoms with E-state index >= 15 is 0 Å². The van der Waals surface area contributed by atoms with Gasteiger partial charge in [-0.05, 0) is 31.4 Å². The Morgan fingerprint density at radius 3 is 2.88 bits per heavy atom. The lowest BCUT2D eigenvalue weighted by molar-refractivity contribution is 0.314. The maximum Gasteiger partial charge on any atom is 0.151 e. The molecule has 0 amide bonds. The molecule has 90 valence electrons. The predicted molar refractivity (Wildman–Crippen MR) is 67.0 cm³/mol. The van der Waals surface area contributed by atoms with Crippen molar-refractivity contribution in [2.45, 2.75) is 31.7 Å². The minimum absolute atomic E-state index is 0.239. The van der Waals surface area contributed by atoms with E-state index in [0.29, 0.717) is 23.9 Å². The van der Waals surface area contributed by atoms with Gasteiger partial charge in [0.25, 0.3) is 0 Å². The number of aromatic nitrogens is 2. The molecule has 2 aromatic rings. The van der Waals surface area contributed by atoms with Crippen molar-refractivity contribution in [3.63, 3.8) is 0 Å². The predicted octanol–water partition coefficient (Wildman–Crippen LogP) is 3.68. The maximum absolute atomic E-state index is 13.7. The van der Waals surface area contributed by atoms with Gasteiger partial charge in [0.15, 0.2) is 5.82 Å². The fourth-order valence-electron chi connectivity index (χ4n) is 2.44. The number of halogens is 2. The van der Waals surface area contributed by atoms with E-state index < -0.39 is 0 Å². The summed E-state index contributed by atoms with van der Waals surface area (Å²) in [7, 11) is 0. The number of nitrogens with zero attached hydrogens (tertiary/aromatic N) is 2. The SMILES string of the molecule is Fc1cccc2c1nc(CCCl)n2C1CCC1. The average molecular weight is 253 g/mol. The van der Waals surface area contributed by atoms with Crippen molar-refractivity contribution in [2.24, 2.45) is 0 Å². The van der Waals surface area contributed by atoms with E-state index in [1.807, 2.05) is 6.07 Å². The number of fused-ring (bicyclic) bond motifs is 1. The van der Waals surface area contributed by atoms with Crippen LogP contribution in [0.5, 0.6) is 0 Å². The van der Waals surface area contributed by atoms with Crippen LogP contribution in [0.3, 0.4) is 0 Å². The van der Waals surface area contributed by atoms with Gasteiger partial charge in [0, 0.05) is 18.3 Å². The summed E-state index contributed by atoms with van der Waals surface area (Å²) in [6, 6.07) is 5.64. The molecule has 1 fully saturated rings. The molecular formula is C13H14ClFN2. The molecule has 17 heavy (non-hydrogen) atoms. The lowest BCUT2D eigenvalue weighted by atomic mass is 9.92. The zero-order valence-corrected chi connectivity index (χ0v) is 10.3. The Morgan fingerprint density at radius 1 is 1.41 bits per heavy atom. The minimum Gasteiger partial charge on any atom is -0.325 e. The van der Waals surface area contributed by atoms with E-state index in [1.54, 1.807) is 6.07 Å². The van der Waals surface area contributed by atoms with Crippen molar-refractivity contribution in [1.82, 2.24) is 9.55 Å². The zero-order chi connectivity index (χ0) is 11.8. The van der Waals surface area contributed by atoms with Crippen LogP contribution in [-0.4, -0.2) is 15.4 Å². The van der Waals surface area contributed by atoms with Crippen LogP contribution in [0.1, 0.15) is 31.1 Å². The first-order valence-corrected chi connectivity index (χ1v) is 6.56. The Hall–Kier alpha value is -1.09. The largest absolute Gasteiger partial charge is 0.325 e. The first-order chi connectivity index (χ1) is 8.31. The minimum atomic E-state index is -0.239. The smallest absolute Gasteiger partial charge is 0.151 e. The Bertz CT molecular complexity index is 546. The summed E-state index contributed by atoms with van der Waals surface area (Å²) in [4.78, 5) is 4.41. The molecule has 1 aliphatic carbocycles. The Balaban J connectivity index is 2.19. The Morgan fingerprint density at radius 2 is 2.24 bits per heavy atom. The van der Waals surface area contributed by atoms with Crippen LogP contribution >= 0.6 is 11.6 Å². The normalized spacial score (nSPS) is 16.4. The fraction of sp³-hybridized carbons (Fsp3) is 0.462. The van der Waals surface area contributed by atoms with Crippen LogP contribution < -0.4 is 0 Å². The van der Waals surface area contributed by atoms with Crippen LogP contribution in [0.25, 0.3) is 11.0 Å². The summed E-state index contributed by atoms with van der Waals surface area (Å²) in [6.45, 7) is 0. The summed E-state index contributed by atoms with van der Waals surface area (Å²) in [5.41, 5.74) is 1.40. The molecule has 1 heterocycles. The van der Waals surface area contributed by atoms with Crippen LogP contribution in [0.4, 0.5) is 4.39 Å². The van der Waals surface area contributed by atoms with Crippen LogP contribution in [0.15, 0.2) is 18.2 Å². The molecule has 0 bridgehead atoms. The number of alkyl halides is 1. The highest BCUT2D eigenvalue weighted by Gasteiger charge is 2.24. The number of rotatable bonds is 3. The topological polar surface area (TPSA) is 17.8 Å². The van der Waals surface area contributed by atoms with Gasteiger partial charge in [0.1, 0.15) is 11.3 Å². The number of hydrogen-bond acceptors (Lipinski definition) is 1. The second-order valence-electron chi connectivity index (χ2n) is 4.53. The monoisotopic (exact) mass is 252 g/mol. The molecular weight excluding hydrogens is 239 g/mol. The molecule has 1 aromatic carbocycles. The van der Waals surface area contributed by atoms with Crippen molar-refractivity contribution in [1.29, 1.82) is 0 Å². The zero-order valence-electron chi connectivity index (χ0n) is 9.50. The van der Waals surface area contributed by atoms with E-state index in [9.17, 15) is 4.39 Å².